The predicted molar refractivity (Wildman–Crippen MR) is 126 cm³/mol. The second-order valence-corrected chi connectivity index (χ2v) is 10.1. The number of sulfonamides is 1. The number of fused-ring (bicyclic) bond motifs is 1. The van der Waals surface area contributed by atoms with E-state index in [2.05, 4.69) is 5.32 Å². The van der Waals surface area contributed by atoms with E-state index in [4.69, 9.17) is 28.3 Å². The van der Waals surface area contributed by atoms with Gasteiger partial charge in [-0.15, -0.1) is 0 Å². The lowest BCUT2D eigenvalue weighted by Crippen LogP contribution is -2.29. The Hall–Kier alpha value is -3.07. The summed E-state index contributed by atoms with van der Waals surface area (Å²) in [7, 11) is -3.83. The van der Waals surface area contributed by atoms with Gasteiger partial charge in [0, 0.05) is 23.7 Å². The average Bonchev–Trinajstić information content (AvgIpc) is 3.21. The molecule has 0 spiro atoms. The van der Waals surface area contributed by atoms with Crippen LogP contribution in [-0.4, -0.2) is 31.9 Å². The number of carbonyl (C=O) groups excluding carboxylic acids is 1. The topological polar surface area (TPSA) is 104 Å². The molecule has 3 aromatic carbocycles. The largest absolute Gasteiger partial charge is 0.478 e. The van der Waals surface area contributed by atoms with Crippen molar-refractivity contribution in [2.24, 2.45) is 0 Å². The van der Waals surface area contributed by atoms with Crippen LogP contribution in [0.1, 0.15) is 31.8 Å². The zero-order valence-electron chi connectivity index (χ0n) is 17.1. The minimum atomic E-state index is -3.83. The lowest BCUT2D eigenvalue weighted by atomic mass is 10.1. The Morgan fingerprint density at radius 2 is 1.82 bits per heavy atom. The standard InChI is InChI=1S/C23H18Cl2N2O5S/c24-17-2-1-3-18(12-17)33(31,32)27-9-8-15-5-6-16(11-21(15)27)22(28)26-13-14-4-7-19(23(29)30)20(25)10-14/h1-7,10-12H,8-9,13H2,(H,26,28)(H,29,30). The zero-order chi connectivity index (χ0) is 23.8. The van der Waals surface area contributed by atoms with Crippen LogP contribution in [0.4, 0.5) is 5.69 Å². The Morgan fingerprint density at radius 3 is 2.52 bits per heavy atom. The van der Waals surface area contributed by atoms with Gasteiger partial charge in [0.1, 0.15) is 0 Å². The molecule has 10 heteroatoms. The molecular weight excluding hydrogens is 487 g/mol. The lowest BCUT2D eigenvalue weighted by molar-refractivity contribution is 0.0696. The molecule has 7 nitrogen and oxygen atoms in total. The summed E-state index contributed by atoms with van der Waals surface area (Å²) in [6.07, 6.45) is 0.533. The number of amides is 1. The van der Waals surface area contributed by atoms with Crippen LogP contribution in [0.5, 0.6) is 0 Å². The molecule has 1 aliphatic heterocycles. The predicted octanol–water partition coefficient (Wildman–Crippen LogP) is 4.37. The van der Waals surface area contributed by atoms with Gasteiger partial charge in [0.15, 0.2) is 0 Å². The molecule has 33 heavy (non-hydrogen) atoms. The van der Waals surface area contributed by atoms with Gasteiger partial charge in [-0.2, -0.15) is 0 Å². The van der Waals surface area contributed by atoms with Gasteiger partial charge in [0.2, 0.25) is 0 Å². The van der Waals surface area contributed by atoms with Crippen LogP contribution in [0.25, 0.3) is 0 Å². The number of carboxylic acid groups (broad SMARTS) is 1. The van der Waals surface area contributed by atoms with Gasteiger partial charge in [0.25, 0.3) is 15.9 Å². The van der Waals surface area contributed by atoms with Crippen LogP contribution < -0.4 is 9.62 Å². The van der Waals surface area contributed by atoms with E-state index in [0.717, 1.165) is 5.56 Å². The van der Waals surface area contributed by atoms with Crippen LogP contribution in [0.2, 0.25) is 10.0 Å². The molecule has 170 valence electrons. The van der Waals surface area contributed by atoms with Crippen molar-refractivity contribution in [3.8, 4) is 0 Å². The SMILES string of the molecule is O=C(NCc1ccc(C(=O)O)c(Cl)c1)c1ccc2c(c1)N(S(=O)(=O)c1cccc(Cl)c1)CC2. The van der Waals surface area contributed by atoms with E-state index in [1.54, 1.807) is 36.4 Å². The fourth-order valence-corrected chi connectivity index (χ4v) is 5.70. The summed E-state index contributed by atoms with van der Waals surface area (Å²) in [4.78, 5) is 23.9. The molecule has 4 rings (SSSR count). The summed E-state index contributed by atoms with van der Waals surface area (Å²) in [6, 6.07) is 15.4. The first-order valence-corrected chi connectivity index (χ1v) is 12.1. The van der Waals surface area contributed by atoms with Gasteiger partial charge >= 0.3 is 5.97 Å². The molecule has 0 atom stereocenters. The minimum Gasteiger partial charge on any atom is -0.478 e. The number of benzene rings is 3. The first kappa shape index (κ1) is 23.1. The second kappa shape index (κ2) is 9.05. The van der Waals surface area contributed by atoms with Crippen molar-refractivity contribution in [3.63, 3.8) is 0 Å². The molecule has 0 saturated heterocycles. The number of carbonyl (C=O) groups is 2. The van der Waals surface area contributed by atoms with E-state index in [1.807, 2.05) is 0 Å². The summed E-state index contributed by atoms with van der Waals surface area (Å²) in [5.41, 5.74) is 2.19. The number of rotatable bonds is 6. The van der Waals surface area contributed by atoms with Crippen LogP contribution >= 0.6 is 23.2 Å². The van der Waals surface area contributed by atoms with Crippen molar-refractivity contribution >= 4 is 50.8 Å². The maximum Gasteiger partial charge on any atom is 0.337 e. The lowest BCUT2D eigenvalue weighted by Gasteiger charge is -2.20. The Bertz CT molecular complexity index is 1380. The number of halogens is 2. The first-order valence-electron chi connectivity index (χ1n) is 9.88. The highest BCUT2D eigenvalue weighted by molar-refractivity contribution is 7.92. The molecule has 0 saturated carbocycles. The summed E-state index contributed by atoms with van der Waals surface area (Å²) < 4.78 is 27.6. The van der Waals surface area contributed by atoms with Crippen molar-refractivity contribution in [2.75, 3.05) is 10.8 Å². The third-order valence-electron chi connectivity index (χ3n) is 5.30. The van der Waals surface area contributed by atoms with Crippen molar-refractivity contribution in [2.45, 2.75) is 17.9 Å². The highest BCUT2D eigenvalue weighted by atomic mass is 35.5. The third kappa shape index (κ3) is 4.68. The number of nitrogens with one attached hydrogen (secondary N) is 1. The highest BCUT2D eigenvalue weighted by Gasteiger charge is 2.31. The molecular formula is C23H18Cl2N2O5S. The smallest absolute Gasteiger partial charge is 0.337 e. The quantitative estimate of drug-likeness (QED) is 0.518. The minimum absolute atomic E-state index is 0.0219. The van der Waals surface area contributed by atoms with Crippen LogP contribution in [0.15, 0.2) is 65.6 Å². The molecule has 1 heterocycles. The first-order chi connectivity index (χ1) is 15.7. The normalized spacial score (nSPS) is 13.0. The molecule has 0 aromatic heterocycles. The maximum atomic E-state index is 13.2. The fraction of sp³-hybridized carbons (Fsp3) is 0.130. The van der Waals surface area contributed by atoms with E-state index in [1.165, 1.54) is 28.6 Å². The Kier molecular flexibility index (Phi) is 6.34. The molecule has 1 amide bonds. The monoisotopic (exact) mass is 504 g/mol. The number of anilines is 1. The molecule has 3 aromatic rings. The van der Waals surface area contributed by atoms with Gasteiger partial charge in [0.05, 0.1) is 21.2 Å². The van der Waals surface area contributed by atoms with E-state index in [0.29, 0.717) is 28.3 Å². The third-order valence-corrected chi connectivity index (χ3v) is 7.66. The average molecular weight is 505 g/mol. The summed E-state index contributed by atoms with van der Waals surface area (Å²) in [6.45, 7) is 0.393. The van der Waals surface area contributed by atoms with E-state index >= 15 is 0 Å². The number of hydrogen-bond acceptors (Lipinski definition) is 4. The van der Waals surface area contributed by atoms with E-state index in [9.17, 15) is 18.0 Å². The molecule has 2 N–H and O–H groups in total. The van der Waals surface area contributed by atoms with Gasteiger partial charge in [-0.3, -0.25) is 9.10 Å². The van der Waals surface area contributed by atoms with E-state index < -0.39 is 21.9 Å². The highest BCUT2D eigenvalue weighted by Crippen LogP contribution is 2.34. The fourth-order valence-electron chi connectivity index (χ4n) is 3.62. The molecule has 0 bridgehead atoms. The molecule has 0 fully saturated rings. The van der Waals surface area contributed by atoms with Crippen molar-refractivity contribution in [3.05, 3.63) is 93.0 Å². The number of aromatic carboxylic acids is 1. The van der Waals surface area contributed by atoms with Gasteiger partial charge in [-0.25, -0.2) is 13.2 Å². The Morgan fingerprint density at radius 1 is 1.03 bits per heavy atom. The van der Waals surface area contributed by atoms with Crippen LogP contribution in [-0.2, 0) is 23.0 Å². The van der Waals surface area contributed by atoms with Crippen molar-refractivity contribution < 1.29 is 23.1 Å². The maximum absolute atomic E-state index is 13.2. The summed E-state index contributed by atoms with van der Waals surface area (Å²) in [5.74, 6) is -1.53. The van der Waals surface area contributed by atoms with Gasteiger partial charge < -0.3 is 10.4 Å². The molecule has 1 aliphatic rings. The van der Waals surface area contributed by atoms with E-state index in [-0.39, 0.29) is 28.6 Å². The van der Waals surface area contributed by atoms with Gasteiger partial charge in [-0.05, 0) is 60.0 Å². The molecule has 0 unspecified atom stereocenters. The number of carboxylic acids is 1. The van der Waals surface area contributed by atoms with Crippen molar-refractivity contribution in [1.82, 2.24) is 5.32 Å². The second-order valence-electron chi connectivity index (χ2n) is 7.43. The Labute approximate surface area is 200 Å². The zero-order valence-corrected chi connectivity index (χ0v) is 19.4. The molecule has 0 aliphatic carbocycles. The summed E-state index contributed by atoms with van der Waals surface area (Å²) in [5, 5.41) is 12.2. The van der Waals surface area contributed by atoms with Crippen LogP contribution in [0, 0.1) is 0 Å². The number of nitrogens with zero attached hydrogens (tertiary/aromatic N) is 1. The number of hydrogen-bond donors (Lipinski definition) is 2. The van der Waals surface area contributed by atoms with Gasteiger partial charge in [-0.1, -0.05) is 41.4 Å². The Balaban J connectivity index is 1.54. The summed E-state index contributed by atoms with van der Waals surface area (Å²) >= 11 is 11.9. The van der Waals surface area contributed by atoms with Crippen LogP contribution in [0.3, 0.4) is 0 Å². The molecule has 0 radical (unpaired) electrons. The van der Waals surface area contributed by atoms with Crippen molar-refractivity contribution in [1.29, 1.82) is 0 Å².